The standard InChI is InChI=1S/C13H20N2O/c1-3-7-12(14)13(16)15-10(2)11-8-5-4-6-9-11/h4-6,8-10,12H,3,7,14H2,1-2H3,(H,15,16). The number of hydrogen-bond donors (Lipinski definition) is 2. The van der Waals surface area contributed by atoms with Crippen LogP contribution in [0.4, 0.5) is 0 Å². The van der Waals surface area contributed by atoms with E-state index in [0.717, 1.165) is 18.4 Å². The molecule has 3 nitrogen and oxygen atoms in total. The SMILES string of the molecule is CCCC(N)C(=O)NC(C)c1ccccc1. The first-order valence-corrected chi connectivity index (χ1v) is 5.76. The second-order valence-electron chi connectivity index (χ2n) is 4.04. The topological polar surface area (TPSA) is 55.1 Å². The van der Waals surface area contributed by atoms with Gasteiger partial charge in [0.1, 0.15) is 0 Å². The summed E-state index contributed by atoms with van der Waals surface area (Å²) in [5.74, 6) is -0.0711. The Hall–Kier alpha value is -1.35. The van der Waals surface area contributed by atoms with E-state index in [2.05, 4.69) is 5.32 Å². The summed E-state index contributed by atoms with van der Waals surface area (Å²) in [6, 6.07) is 9.49. The fourth-order valence-corrected chi connectivity index (χ4v) is 1.59. The van der Waals surface area contributed by atoms with Crippen LogP contribution in [0.5, 0.6) is 0 Å². The molecule has 0 aliphatic heterocycles. The highest BCUT2D eigenvalue weighted by Crippen LogP contribution is 2.11. The highest BCUT2D eigenvalue weighted by molar-refractivity contribution is 5.81. The lowest BCUT2D eigenvalue weighted by molar-refractivity contribution is -0.123. The van der Waals surface area contributed by atoms with Gasteiger partial charge in [-0.2, -0.15) is 0 Å². The molecule has 0 aliphatic rings. The molecule has 0 fully saturated rings. The van der Waals surface area contributed by atoms with Crippen molar-refractivity contribution in [1.82, 2.24) is 5.32 Å². The molecule has 0 aliphatic carbocycles. The van der Waals surface area contributed by atoms with Gasteiger partial charge in [-0.15, -0.1) is 0 Å². The molecule has 3 heteroatoms. The summed E-state index contributed by atoms with van der Waals surface area (Å²) in [5, 5.41) is 2.92. The Kier molecular flexibility index (Phi) is 4.99. The lowest BCUT2D eigenvalue weighted by Gasteiger charge is -2.17. The minimum absolute atomic E-state index is 0.0107. The number of nitrogens with two attached hydrogens (primary N) is 1. The molecule has 0 aromatic heterocycles. The molecule has 0 saturated heterocycles. The zero-order chi connectivity index (χ0) is 12.0. The summed E-state index contributed by atoms with van der Waals surface area (Å²) >= 11 is 0. The van der Waals surface area contributed by atoms with Crippen LogP contribution in [0.2, 0.25) is 0 Å². The van der Waals surface area contributed by atoms with Gasteiger partial charge >= 0.3 is 0 Å². The van der Waals surface area contributed by atoms with Gasteiger partial charge in [-0.25, -0.2) is 0 Å². The predicted molar refractivity (Wildman–Crippen MR) is 65.9 cm³/mol. The number of carbonyl (C=O) groups excluding carboxylic acids is 1. The quantitative estimate of drug-likeness (QED) is 0.797. The van der Waals surface area contributed by atoms with Crippen LogP contribution in [0.1, 0.15) is 38.3 Å². The molecule has 16 heavy (non-hydrogen) atoms. The highest BCUT2D eigenvalue weighted by Gasteiger charge is 2.15. The van der Waals surface area contributed by atoms with Gasteiger partial charge in [0.15, 0.2) is 0 Å². The first-order valence-electron chi connectivity index (χ1n) is 5.76. The smallest absolute Gasteiger partial charge is 0.237 e. The summed E-state index contributed by atoms with van der Waals surface area (Å²) in [7, 11) is 0. The van der Waals surface area contributed by atoms with Gasteiger partial charge in [0.2, 0.25) is 5.91 Å². The fourth-order valence-electron chi connectivity index (χ4n) is 1.59. The number of amides is 1. The van der Waals surface area contributed by atoms with Gasteiger partial charge in [-0.05, 0) is 18.9 Å². The third-order valence-corrected chi connectivity index (χ3v) is 2.59. The van der Waals surface area contributed by atoms with E-state index >= 15 is 0 Å². The number of rotatable bonds is 5. The summed E-state index contributed by atoms with van der Waals surface area (Å²) < 4.78 is 0. The van der Waals surface area contributed by atoms with Crippen LogP contribution < -0.4 is 11.1 Å². The molecule has 0 heterocycles. The summed E-state index contributed by atoms with van der Waals surface area (Å²) in [6.07, 6.45) is 1.65. The van der Waals surface area contributed by atoms with Crippen molar-refractivity contribution in [3.05, 3.63) is 35.9 Å². The second kappa shape index (κ2) is 6.28. The molecular weight excluding hydrogens is 200 g/mol. The fraction of sp³-hybridized carbons (Fsp3) is 0.462. The van der Waals surface area contributed by atoms with Gasteiger partial charge in [0, 0.05) is 0 Å². The van der Waals surface area contributed by atoms with Gasteiger partial charge in [0.05, 0.1) is 12.1 Å². The summed E-state index contributed by atoms with van der Waals surface area (Å²) in [4.78, 5) is 11.7. The van der Waals surface area contributed by atoms with E-state index in [9.17, 15) is 4.79 Å². The molecule has 3 N–H and O–H groups in total. The van der Waals surface area contributed by atoms with Gasteiger partial charge in [0.25, 0.3) is 0 Å². The minimum Gasteiger partial charge on any atom is -0.348 e. The van der Waals surface area contributed by atoms with Crippen molar-refractivity contribution in [3.63, 3.8) is 0 Å². The maximum atomic E-state index is 11.7. The van der Waals surface area contributed by atoms with E-state index in [1.54, 1.807) is 0 Å². The number of benzene rings is 1. The lowest BCUT2D eigenvalue weighted by Crippen LogP contribution is -2.41. The normalized spacial score (nSPS) is 14.2. The van der Waals surface area contributed by atoms with Gasteiger partial charge < -0.3 is 11.1 Å². The third kappa shape index (κ3) is 3.66. The van der Waals surface area contributed by atoms with Crippen molar-refractivity contribution in [3.8, 4) is 0 Å². The van der Waals surface area contributed by atoms with Crippen LogP contribution >= 0.6 is 0 Å². The van der Waals surface area contributed by atoms with Crippen LogP contribution in [0.25, 0.3) is 0 Å². The van der Waals surface area contributed by atoms with E-state index < -0.39 is 6.04 Å². The van der Waals surface area contributed by atoms with E-state index in [0.29, 0.717) is 0 Å². The van der Waals surface area contributed by atoms with E-state index in [1.807, 2.05) is 44.2 Å². The molecule has 2 unspecified atom stereocenters. The lowest BCUT2D eigenvalue weighted by atomic mass is 10.1. The Morgan fingerprint density at radius 3 is 2.56 bits per heavy atom. The molecule has 1 aromatic rings. The van der Waals surface area contributed by atoms with Crippen LogP contribution in [-0.4, -0.2) is 11.9 Å². The van der Waals surface area contributed by atoms with Gasteiger partial charge in [-0.1, -0.05) is 43.7 Å². The van der Waals surface area contributed by atoms with Gasteiger partial charge in [-0.3, -0.25) is 4.79 Å². The molecule has 0 bridgehead atoms. The average molecular weight is 220 g/mol. The maximum absolute atomic E-state index is 11.7. The van der Waals surface area contributed by atoms with Crippen molar-refractivity contribution in [2.45, 2.75) is 38.8 Å². The molecular formula is C13H20N2O. The molecule has 0 saturated carbocycles. The molecule has 1 rings (SSSR count). The summed E-state index contributed by atoms with van der Waals surface area (Å²) in [6.45, 7) is 3.99. The second-order valence-corrected chi connectivity index (χ2v) is 4.04. The molecule has 1 amide bonds. The summed E-state index contributed by atoms with van der Waals surface area (Å²) in [5.41, 5.74) is 6.84. The molecule has 1 aromatic carbocycles. The van der Waals surface area contributed by atoms with Crippen LogP contribution in [0, 0.1) is 0 Å². The largest absolute Gasteiger partial charge is 0.348 e. The molecule has 0 radical (unpaired) electrons. The Bertz CT molecular complexity index is 324. The number of hydrogen-bond acceptors (Lipinski definition) is 2. The van der Waals surface area contributed by atoms with Crippen LogP contribution in [-0.2, 0) is 4.79 Å². The average Bonchev–Trinajstić information content (AvgIpc) is 2.30. The maximum Gasteiger partial charge on any atom is 0.237 e. The molecule has 2 atom stereocenters. The van der Waals surface area contributed by atoms with E-state index in [4.69, 9.17) is 5.73 Å². The predicted octanol–water partition coefficient (Wildman–Crippen LogP) is 1.99. The van der Waals surface area contributed by atoms with Crippen LogP contribution in [0.15, 0.2) is 30.3 Å². The van der Waals surface area contributed by atoms with Crippen molar-refractivity contribution in [2.24, 2.45) is 5.73 Å². The Morgan fingerprint density at radius 2 is 2.00 bits per heavy atom. The molecule has 88 valence electrons. The minimum atomic E-state index is -0.392. The Labute approximate surface area is 97.0 Å². The first kappa shape index (κ1) is 12.7. The first-order chi connectivity index (χ1) is 7.65. The van der Waals surface area contributed by atoms with Crippen molar-refractivity contribution in [2.75, 3.05) is 0 Å². The van der Waals surface area contributed by atoms with E-state index in [-0.39, 0.29) is 11.9 Å². The Morgan fingerprint density at radius 1 is 1.38 bits per heavy atom. The van der Waals surface area contributed by atoms with E-state index in [1.165, 1.54) is 0 Å². The highest BCUT2D eigenvalue weighted by atomic mass is 16.2. The zero-order valence-electron chi connectivity index (χ0n) is 9.94. The van der Waals surface area contributed by atoms with Crippen molar-refractivity contribution >= 4 is 5.91 Å². The monoisotopic (exact) mass is 220 g/mol. The number of nitrogens with one attached hydrogen (secondary N) is 1. The van der Waals surface area contributed by atoms with Crippen molar-refractivity contribution in [1.29, 1.82) is 0 Å². The van der Waals surface area contributed by atoms with Crippen LogP contribution in [0.3, 0.4) is 0 Å². The Balaban J connectivity index is 2.51. The van der Waals surface area contributed by atoms with Crippen molar-refractivity contribution < 1.29 is 4.79 Å². The number of carbonyl (C=O) groups is 1. The third-order valence-electron chi connectivity index (χ3n) is 2.59. The molecule has 0 spiro atoms. The zero-order valence-corrected chi connectivity index (χ0v) is 9.94.